The summed E-state index contributed by atoms with van der Waals surface area (Å²) >= 11 is 0. The average Bonchev–Trinajstić information content (AvgIpc) is 2.46. The van der Waals surface area contributed by atoms with E-state index in [1.165, 1.54) is 5.56 Å². The lowest BCUT2D eigenvalue weighted by Crippen LogP contribution is -2.03. The molecule has 2 N–H and O–H groups in total. The standard InChI is InChI=1S/C11H13NO/c1-7-3-4-9-10(8(2)12)6-13-11(9)5-7/h3-6,8H,12H2,1-2H3. The van der Waals surface area contributed by atoms with Crippen molar-refractivity contribution in [1.82, 2.24) is 0 Å². The highest BCUT2D eigenvalue weighted by molar-refractivity contribution is 5.82. The Morgan fingerprint density at radius 2 is 2.15 bits per heavy atom. The molecule has 2 aromatic rings. The summed E-state index contributed by atoms with van der Waals surface area (Å²) in [6.45, 7) is 4.01. The van der Waals surface area contributed by atoms with E-state index in [2.05, 4.69) is 12.1 Å². The Bertz CT molecular complexity index is 429. The van der Waals surface area contributed by atoms with Crippen LogP contribution in [0.25, 0.3) is 11.0 Å². The SMILES string of the molecule is Cc1ccc2c(C(C)N)coc2c1. The number of furan rings is 1. The summed E-state index contributed by atoms with van der Waals surface area (Å²) in [6.07, 6.45) is 1.74. The van der Waals surface area contributed by atoms with Gasteiger partial charge in [0, 0.05) is 17.0 Å². The van der Waals surface area contributed by atoms with Gasteiger partial charge in [0.25, 0.3) is 0 Å². The molecule has 0 saturated carbocycles. The lowest BCUT2D eigenvalue weighted by atomic mass is 10.1. The van der Waals surface area contributed by atoms with Gasteiger partial charge < -0.3 is 10.2 Å². The van der Waals surface area contributed by atoms with E-state index in [1.54, 1.807) is 6.26 Å². The van der Waals surface area contributed by atoms with Gasteiger partial charge >= 0.3 is 0 Å². The monoisotopic (exact) mass is 175 g/mol. The third-order valence-corrected chi connectivity index (χ3v) is 2.25. The first-order valence-corrected chi connectivity index (χ1v) is 4.42. The Morgan fingerprint density at radius 1 is 1.38 bits per heavy atom. The van der Waals surface area contributed by atoms with Gasteiger partial charge in [0.1, 0.15) is 5.58 Å². The molecule has 0 radical (unpaired) electrons. The van der Waals surface area contributed by atoms with Crippen LogP contribution >= 0.6 is 0 Å². The summed E-state index contributed by atoms with van der Waals surface area (Å²) in [5.74, 6) is 0. The van der Waals surface area contributed by atoms with E-state index >= 15 is 0 Å². The van der Waals surface area contributed by atoms with E-state index < -0.39 is 0 Å². The van der Waals surface area contributed by atoms with E-state index in [-0.39, 0.29) is 6.04 Å². The van der Waals surface area contributed by atoms with Gasteiger partial charge in [0.05, 0.1) is 6.26 Å². The molecule has 0 bridgehead atoms. The summed E-state index contributed by atoms with van der Waals surface area (Å²) in [5.41, 5.74) is 9.01. The molecule has 1 aromatic carbocycles. The van der Waals surface area contributed by atoms with Gasteiger partial charge in [0.2, 0.25) is 0 Å². The summed E-state index contributed by atoms with van der Waals surface area (Å²) in [4.78, 5) is 0. The highest BCUT2D eigenvalue weighted by Crippen LogP contribution is 2.25. The molecule has 0 spiro atoms. The van der Waals surface area contributed by atoms with Crippen molar-refractivity contribution in [2.75, 3.05) is 0 Å². The molecule has 13 heavy (non-hydrogen) atoms. The van der Waals surface area contributed by atoms with Crippen LogP contribution in [0.3, 0.4) is 0 Å². The molecular formula is C11H13NO. The van der Waals surface area contributed by atoms with Gasteiger partial charge in [-0.15, -0.1) is 0 Å². The Balaban J connectivity index is 2.69. The van der Waals surface area contributed by atoms with E-state index in [0.29, 0.717) is 0 Å². The van der Waals surface area contributed by atoms with Crippen LogP contribution in [-0.2, 0) is 0 Å². The molecular weight excluding hydrogens is 162 g/mol. The number of hydrogen-bond acceptors (Lipinski definition) is 2. The van der Waals surface area contributed by atoms with E-state index in [0.717, 1.165) is 16.5 Å². The van der Waals surface area contributed by atoms with Crippen LogP contribution in [0.2, 0.25) is 0 Å². The van der Waals surface area contributed by atoms with Crippen molar-refractivity contribution >= 4 is 11.0 Å². The molecule has 1 atom stereocenters. The fraction of sp³-hybridized carbons (Fsp3) is 0.273. The van der Waals surface area contributed by atoms with Crippen molar-refractivity contribution in [3.8, 4) is 0 Å². The maximum absolute atomic E-state index is 5.80. The highest BCUT2D eigenvalue weighted by Gasteiger charge is 2.08. The van der Waals surface area contributed by atoms with Crippen molar-refractivity contribution in [1.29, 1.82) is 0 Å². The zero-order valence-corrected chi connectivity index (χ0v) is 7.87. The first kappa shape index (κ1) is 8.32. The number of benzene rings is 1. The fourth-order valence-corrected chi connectivity index (χ4v) is 1.51. The van der Waals surface area contributed by atoms with Crippen LogP contribution < -0.4 is 5.73 Å². The van der Waals surface area contributed by atoms with E-state index in [9.17, 15) is 0 Å². The molecule has 0 saturated heterocycles. The Morgan fingerprint density at radius 3 is 2.85 bits per heavy atom. The van der Waals surface area contributed by atoms with Crippen LogP contribution in [-0.4, -0.2) is 0 Å². The Hall–Kier alpha value is -1.28. The van der Waals surface area contributed by atoms with E-state index in [4.69, 9.17) is 10.2 Å². The molecule has 1 aromatic heterocycles. The molecule has 1 heterocycles. The topological polar surface area (TPSA) is 39.2 Å². The zero-order chi connectivity index (χ0) is 9.42. The van der Waals surface area contributed by atoms with Gasteiger partial charge in [-0.25, -0.2) is 0 Å². The lowest BCUT2D eigenvalue weighted by molar-refractivity contribution is 0.604. The third-order valence-electron chi connectivity index (χ3n) is 2.25. The summed E-state index contributed by atoms with van der Waals surface area (Å²) in [7, 11) is 0. The first-order valence-electron chi connectivity index (χ1n) is 4.42. The first-order chi connectivity index (χ1) is 6.18. The predicted molar refractivity (Wildman–Crippen MR) is 53.6 cm³/mol. The lowest BCUT2D eigenvalue weighted by Gasteiger charge is -2.00. The van der Waals surface area contributed by atoms with Crippen molar-refractivity contribution < 1.29 is 4.42 Å². The average molecular weight is 175 g/mol. The molecule has 0 fully saturated rings. The van der Waals surface area contributed by atoms with Crippen LogP contribution in [0.4, 0.5) is 0 Å². The molecule has 2 heteroatoms. The number of fused-ring (bicyclic) bond motifs is 1. The smallest absolute Gasteiger partial charge is 0.134 e. The summed E-state index contributed by atoms with van der Waals surface area (Å²) in [6, 6.07) is 6.20. The van der Waals surface area contributed by atoms with Crippen molar-refractivity contribution in [3.63, 3.8) is 0 Å². The summed E-state index contributed by atoms with van der Waals surface area (Å²) < 4.78 is 5.41. The number of nitrogens with two attached hydrogens (primary N) is 1. The molecule has 0 aliphatic heterocycles. The molecule has 0 aliphatic rings. The van der Waals surface area contributed by atoms with Gasteiger partial charge in [-0.1, -0.05) is 12.1 Å². The van der Waals surface area contributed by atoms with Gasteiger partial charge in [-0.3, -0.25) is 0 Å². The molecule has 0 amide bonds. The Labute approximate surface area is 77.3 Å². The minimum atomic E-state index is 0.0314. The van der Waals surface area contributed by atoms with Crippen molar-refractivity contribution in [2.24, 2.45) is 5.73 Å². The molecule has 2 nitrogen and oxygen atoms in total. The zero-order valence-electron chi connectivity index (χ0n) is 7.87. The predicted octanol–water partition coefficient (Wildman–Crippen LogP) is 2.76. The van der Waals surface area contributed by atoms with Gasteiger partial charge in [0.15, 0.2) is 0 Å². The van der Waals surface area contributed by atoms with Crippen molar-refractivity contribution in [2.45, 2.75) is 19.9 Å². The highest BCUT2D eigenvalue weighted by atomic mass is 16.3. The maximum Gasteiger partial charge on any atom is 0.134 e. The number of rotatable bonds is 1. The van der Waals surface area contributed by atoms with Gasteiger partial charge in [-0.05, 0) is 25.5 Å². The molecule has 2 rings (SSSR count). The minimum absolute atomic E-state index is 0.0314. The number of aryl methyl sites for hydroxylation is 1. The fourth-order valence-electron chi connectivity index (χ4n) is 1.51. The van der Waals surface area contributed by atoms with Gasteiger partial charge in [-0.2, -0.15) is 0 Å². The molecule has 0 aliphatic carbocycles. The quantitative estimate of drug-likeness (QED) is 0.723. The van der Waals surface area contributed by atoms with Crippen LogP contribution in [0, 0.1) is 6.92 Å². The van der Waals surface area contributed by atoms with E-state index in [1.807, 2.05) is 19.9 Å². The van der Waals surface area contributed by atoms with Crippen LogP contribution in [0.15, 0.2) is 28.9 Å². The second-order valence-electron chi connectivity index (χ2n) is 3.48. The van der Waals surface area contributed by atoms with Crippen LogP contribution in [0.1, 0.15) is 24.1 Å². The largest absolute Gasteiger partial charge is 0.464 e. The second-order valence-corrected chi connectivity index (χ2v) is 3.48. The Kier molecular flexibility index (Phi) is 1.85. The van der Waals surface area contributed by atoms with Crippen molar-refractivity contribution in [3.05, 3.63) is 35.6 Å². The maximum atomic E-state index is 5.80. The molecule has 1 unspecified atom stereocenters. The summed E-state index contributed by atoms with van der Waals surface area (Å²) in [5, 5.41) is 1.13. The minimum Gasteiger partial charge on any atom is -0.464 e. The second kappa shape index (κ2) is 2.89. The third kappa shape index (κ3) is 1.33. The van der Waals surface area contributed by atoms with Crippen LogP contribution in [0.5, 0.6) is 0 Å². The molecule has 68 valence electrons. The number of hydrogen-bond donors (Lipinski definition) is 1. The normalized spacial score (nSPS) is 13.5.